The molecule has 0 atom stereocenters. The lowest BCUT2D eigenvalue weighted by Gasteiger charge is -2.29. The zero-order valence-electron chi connectivity index (χ0n) is 14.2. The van der Waals surface area contributed by atoms with E-state index in [4.69, 9.17) is 14.2 Å². The average molecular weight is 336 g/mol. The van der Waals surface area contributed by atoms with Gasteiger partial charge in [-0.05, 0) is 36.1 Å². The van der Waals surface area contributed by atoms with E-state index in [1.807, 2.05) is 13.8 Å². The third-order valence-electron chi connectivity index (χ3n) is 3.34. The summed E-state index contributed by atoms with van der Waals surface area (Å²) < 4.78 is 29.3. The van der Waals surface area contributed by atoms with Gasteiger partial charge in [0.2, 0.25) is 0 Å². The third-order valence-corrected chi connectivity index (χ3v) is 3.34. The van der Waals surface area contributed by atoms with Crippen molar-refractivity contribution in [3.63, 3.8) is 0 Å². The number of hydrogen-bond donors (Lipinski definition) is 0. The van der Waals surface area contributed by atoms with Gasteiger partial charge in [-0.1, -0.05) is 19.9 Å². The number of cyclic esters (lactones) is 2. The minimum Gasteiger partial charge on any atom is -0.490 e. The fraction of sp³-hybridized carbons (Fsp3) is 0.444. The summed E-state index contributed by atoms with van der Waals surface area (Å²) in [4.78, 5) is 23.9. The normalized spacial score (nSPS) is 16.7. The maximum atomic E-state index is 13.8. The predicted molar refractivity (Wildman–Crippen MR) is 85.6 cm³/mol. The minimum absolute atomic E-state index is 0.0721. The monoisotopic (exact) mass is 336 g/mol. The van der Waals surface area contributed by atoms with Gasteiger partial charge in [0.05, 0.1) is 6.61 Å². The van der Waals surface area contributed by atoms with Crippen LogP contribution in [0.3, 0.4) is 0 Å². The molecule has 1 fully saturated rings. The first kappa shape index (κ1) is 18.0. The van der Waals surface area contributed by atoms with E-state index in [1.54, 1.807) is 0 Å². The van der Waals surface area contributed by atoms with Crippen molar-refractivity contribution < 1.29 is 28.2 Å². The van der Waals surface area contributed by atoms with Gasteiger partial charge in [-0.3, -0.25) is 0 Å². The Labute approximate surface area is 140 Å². The van der Waals surface area contributed by atoms with Crippen LogP contribution in [0, 0.1) is 11.7 Å². The molecule has 0 aliphatic carbocycles. The standard InChI is InChI=1S/C18H21FO5/c1-11(2)7-8-22-15-10-12(5-6-14(15)19)9-13-16(20)23-18(3,4)24-17(13)21/h5-6,9-11H,7-8H2,1-4H3. The van der Waals surface area contributed by atoms with Gasteiger partial charge in [0.25, 0.3) is 5.79 Å². The number of esters is 2. The third kappa shape index (κ3) is 4.57. The first-order chi connectivity index (χ1) is 11.2. The zero-order chi connectivity index (χ0) is 17.9. The van der Waals surface area contributed by atoms with Gasteiger partial charge in [0.15, 0.2) is 11.6 Å². The Morgan fingerprint density at radius 3 is 2.42 bits per heavy atom. The van der Waals surface area contributed by atoms with Crippen molar-refractivity contribution in [3.05, 3.63) is 35.2 Å². The molecule has 2 rings (SSSR count). The smallest absolute Gasteiger partial charge is 0.348 e. The second kappa shape index (κ2) is 7.03. The molecule has 1 aliphatic heterocycles. The lowest BCUT2D eigenvalue weighted by Crippen LogP contribution is -2.41. The van der Waals surface area contributed by atoms with Gasteiger partial charge in [-0.15, -0.1) is 0 Å². The highest BCUT2D eigenvalue weighted by atomic mass is 19.1. The van der Waals surface area contributed by atoms with Crippen LogP contribution in [0.4, 0.5) is 4.39 Å². The average Bonchev–Trinajstić information content (AvgIpc) is 2.44. The SMILES string of the molecule is CC(C)CCOc1cc(C=C2C(=O)OC(C)(C)OC2=O)ccc1F. The largest absolute Gasteiger partial charge is 0.490 e. The number of ether oxygens (including phenoxy) is 3. The van der Waals surface area contributed by atoms with Crippen LogP contribution in [0.15, 0.2) is 23.8 Å². The maximum absolute atomic E-state index is 13.8. The summed E-state index contributed by atoms with van der Waals surface area (Å²) in [5, 5.41) is 0. The number of halogens is 1. The summed E-state index contributed by atoms with van der Waals surface area (Å²) >= 11 is 0. The Morgan fingerprint density at radius 1 is 1.21 bits per heavy atom. The molecule has 0 spiro atoms. The molecule has 1 aromatic carbocycles. The van der Waals surface area contributed by atoms with E-state index in [0.29, 0.717) is 18.1 Å². The predicted octanol–water partition coefficient (Wildman–Crippen LogP) is 3.47. The van der Waals surface area contributed by atoms with Crippen LogP contribution in [0.25, 0.3) is 6.08 Å². The van der Waals surface area contributed by atoms with Crippen LogP contribution in [0.2, 0.25) is 0 Å². The van der Waals surface area contributed by atoms with E-state index in [2.05, 4.69) is 0 Å². The van der Waals surface area contributed by atoms with Crippen LogP contribution in [-0.4, -0.2) is 24.3 Å². The molecule has 0 N–H and O–H groups in total. The van der Waals surface area contributed by atoms with E-state index in [-0.39, 0.29) is 11.3 Å². The quantitative estimate of drug-likeness (QED) is 0.468. The van der Waals surface area contributed by atoms with Gasteiger partial charge in [0.1, 0.15) is 5.57 Å². The van der Waals surface area contributed by atoms with Gasteiger partial charge < -0.3 is 14.2 Å². The Hall–Kier alpha value is -2.37. The van der Waals surface area contributed by atoms with Crippen molar-refractivity contribution in [1.29, 1.82) is 0 Å². The molecule has 0 unspecified atom stereocenters. The van der Waals surface area contributed by atoms with Crippen molar-refractivity contribution in [2.24, 2.45) is 5.92 Å². The number of hydrogen-bond acceptors (Lipinski definition) is 5. The Bertz CT molecular complexity index is 654. The summed E-state index contributed by atoms with van der Waals surface area (Å²) in [6, 6.07) is 4.10. The van der Waals surface area contributed by atoms with E-state index in [9.17, 15) is 14.0 Å². The molecular weight excluding hydrogens is 315 g/mol. The van der Waals surface area contributed by atoms with Crippen LogP contribution < -0.4 is 4.74 Å². The number of carbonyl (C=O) groups is 2. The highest BCUT2D eigenvalue weighted by molar-refractivity contribution is 6.18. The highest BCUT2D eigenvalue weighted by Crippen LogP contribution is 2.26. The molecule has 0 aromatic heterocycles. The summed E-state index contributed by atoms with van der Waals surface area (Å²) in [6.07, 6.45) is 2.09. The number of benzene rings is 1. The summed E-state index contributed by atoms with van der Waals surface area (Å²) in [5.41, 5.74) is 0.202. The lowest BCUT2D eigenvalue weighted by molar-refractivity contribution is -0.222. The molecule has 0 amide bonds. The molecule has 0 saturated carbocycles. The first-order valence-corrected chi connectivity index (χ1v) is 7.78. The van der Waals surface area contributed by atoms with Gasteiger partial charge in [-0.2, -0.15) is 0 Å². The van der Waals surface area contributed by atoms with Crippen molar-refractivity contribution in [1.82, 2.24) is 0 Å². The Morgan fingerprint density at radius 2 is 1.83 bits per heavy atom. The van der Waals surface area contributed by atoms with E-state index >= 15 is 0 Å². The van der Waals surface area contributed by atoms with Crippen LogP contribution in [0.5, 0.6) is 5.75 Å². The molecule has 24 heavy (non-hydrogen) atoms. The second-order valence-electron chi connectivity index (χ2n) is 6.46. The van der Waals surface area contributed by atoms with Crippen LogP contribution >= 0.6 is 0 Å². The first-order valence-electron chi connectivity index (χ1n) is 7.78. The minimum atomic E-state index is -1.29. The van der Waals surface area contributed by atoms with Crippen molar-refractivity contribution >= 4 is 18.0 Å². The summed E-state index contributed by atoms with van der Waals surface area (Å²) in [6.45, 7) is 7.41. The molecule has 1 aliphatic rings. The number of carbonyl (C=O) groups excluding carboxylic acids is 2. The van der Waals surface area contributed by atoms with Crippen molar-refractivity contribution in [2.45, 2.75) is 39.9 Å². The topological polar surface area (TPSA) is 61.8 Å². The molecule has 5 nitrogen and oxygen atoms in total. The fourth-order valence-electron chi connectivity index (χ4n) is 2.07. The van der Waals surface area contributed by atoms with Crippen molar-refractivity contribution in [2.75, 3.05) is 6.61 Å². The van der Waals surface area contributed by atoms with E-state index in [1.165, 1.54) is 38.1 Å². The van der Waals surface area contributed by atoms with Gasteiger partial charge >= 0.3 is 11.9 Å². The lowest BCUT2D eigenvalue weighted by atomic mass is 10.1. The van der Waals surface area contributed by atoms with Crippen LogP contribution in [-0.2, 0) is 19.1 Å². The zero-order valence-corrected chi connectivity index (χ0v) is 14.2. The van der Waals surface area contributed by atoms with Crippen molar-refractivity contribution in [3.8, 4) is 5.75 Å². The molecule has 6 heteroatoms. The number of rotatable bonds is 5. The molecule has 1 heterocycles. The molecule has 130 valence electrons. The second-order valence-corrected chi connectivity index (χ2v) is 6.46. The highest BCUT2D eigenvalue weighted by Gasteiger charge is 2.38. The molecule has 1 aromatic rings. The Balaban J connectivity index is 2.20. The Kier molecular flexibility index (Phi) is 5.26. The van der Waals surface area contributed by atoms with Gasteiger partial charge in [-0.25, -0.2) is 14.0 Å². The molecular formula is C18H21FO5. The summed E-state index contributed by atoms with van der Waals surface area (Å²) in [7, 11) is 0. The van der Waals surface area contributed by atoms with Crippen LogP contribution in [0.1, 0.15) is 39.7 Å². The fourth-order valence-corrected chi connectivity index (χ4v) is 2.07. The van der Waals surface area contributed by atoms with Gasteiger partial charge in [0, 0.05) is 13.8 Å². The van der Waals surface area contributed by atoms with E-state index in [0.717, 1.165) is 6.42 Å². The molecule has 1 saturated heterocycles. The maximum Gasteiger partial charge on any atom is 0.348 e. The molecule has 0 bridgehead atoms. The van der Waals surface area contributed by atoms with E-state index < -0.39 is 23.5 Å². The molecule has 0 radical (unpaired) electrons. The summed E-state index contributed by atoms with van der Waals surface area (Å²) in [5.74, 6) is -2.84.